The second kappa shape index (κ2) is 31.3. The minimum Gasteiger partial charge on any atom is -1.00 e. The molecule has 1 unspecified atom stereocenters. The van der Waals surface area contributed by atoms with Gasteiger partial charge in [-0.15, -0.1) is 0 Å². The van der Waals surface area contributed by atoms with Crippen LogP contribution in [-0.4, -0.2) is 62.8 Å². The molecule has 0 aliphatic rings. The van der Waals surface area contributed by atoms with Gasteiger partial charge in [-0.25, -0.2) is 0 Å². The largest absolute Gasteiger partial charge is 1.00 e. The zero-order chi connectivity index (χ0) is 28.4. The fourth-order valence-corrected chi connectivity index (χ4v) is 6.35. The number of hydrogen-bond acceptors (Lipinski definition) is 0. The van der Waals surface area contributed by atoms with E-state index < -0.39 is 0 Å². The summed E-state index contributed by atoms with van der Waals surface area (Å²) in [5.41, 5.74) is 0. The average Bonchev–Trinajstić information content (AvgIpc) is 2.88. The maximum atomic E-state index is 2.55. The van der Waals surface area contributed by atoms with Crippen molar-refractivity contribution in [3.05, 3.63) is 0 Å². The Hall–Kier alpha value is 0.880. The van der Waals surface area contributed by atoms with Gasteiger partial charge in [0.05, 0.1) is 41.3 Å². The van der Waals surface area contributed by atoms with Gasteiger partial charge in [0.15, 0.2) is 0 Å². The number of unbranched alkanes of at least 4 members (excludes halogenated alkanes) is 21. The molecule has 0 fully saturated rings. The molecule has 0 heterocycles. The van der Waals surface area contributed by atoms with Crippen LogP contribution in [-0.2, 0) is 0 Å². The van der Waals surface area contributed by atoms with Gasteiger partial charge >= 0.3 is 0 Å². The molecule has 0 saturated heterocycles. The minimum absolute atomic E-state index is 0. The maximum absolute atomic E-state index is 2.55. The number of likely N-dealkylation sites (N-methyl/N-ethyl adjacent to an activating group) is 2. The summed E-state index contributed by atoms with van der Waals surface area (Å²) in [6, 6.07) is 0.809. The van der Waals surface area contributed by atoms with Crippen molar-refractivity contribution in [1.82, 2.24) is 0 Å². The summed E-state index contributed by atoms with van der Waals surface area (Å²) in [6.45, 7) is 11.1. The van der Waals surface area contributed by atoms with Gasteiger partial charge in [-0.05, 0) is 32.1 Å². The lowest BCUT2D eigenvalue weighted by Crippen LogP contribution is -3.00. The van der Waals surface area contributed by atoms with Gasteiger partial charge in [0.1, 0.15) is 12.6 Å². The fourth-order valence-electron chi connectivity index (χ4n) is 6.35. The first-order chi connectivity index (χ1) is 18.3. The normalized spacial score (nSPS) is 12.7. The first kappa shape index (κ1) is 45.3. The number of hydrogen-bond donors (Lipinski definition) is 0. The molecule has 246 valence electrons. The van der Waals surface area contributed by atoms with Crippen LogP contribution in [0.2, 0.25) is 0 Å². The Morgan fingerprint density at radius 3 is 1.05 bits per heavy atom. The lowest BCUT2D eigenvalue weighted by Gasteiger charge is -2.42. The van der Waals surface area contributed by atoms with Crippen LogP contribution in [0.1, 0.15) is 181 Å². The van der Waals surface area contributed by atoms with Crippen LogP contribution < -0.4 is 34.0 Å². The Kier molecular flexibility index (Phi) is 35.5. The molecule has 0 N–H and O–H groups in total. The summed E-state index contributed by atoms with van der Waals surface area (Å²) < 4.78 is 2.46. The minimum atomic E-state index is 0. The Morgan fingerprint density at radius 2 is 0.675 bits per heavy atom. The van der Waals surface area contributed by atoms with Crippen molar-refractivity contribution in [2.45, 2.75) is 187 Å². The van der Waals surface area contributed by atoms with E-state index in [4.69, 9.17) is 0 Å². The van der Waals surface area contributed by atoms with Crippen LogP contribution in [0.15, 0.2) is 0 Å². The highest BCUT2D eigenvalue weighted by atomic mass is 79.9. The molecule has 0 spiro atoms. The van der Waals surface area contributed by atoms with Crippen molar-refractivity contribution in [3.63, 3.8) is 0 Å². The van der Waals surface area contributed by atoms with Crippen LogP contribution in [0, 0.1) is 0 Å². The molecule has 0 bridgehead atoms. The van der Waals surface area contributed by atoms with E-state index >= 15 is 0 Å². The summed E-state index contributed by atoms with van der Waals surface area (Å²) in [7, 11) is 10.2. The van der Waals surface area contributed by atoms with E-state index in [0.29, 0.717) is 0 Å². The number of rotatable bonds is 30. The molecule has 2 nitrogen and oxygen atoms in total. The molecule has 1 atom stereocenters. The predicted octanol–water partition coefficient (Wildman–Crippen LogP) is 5.33. The zero-order valence-electron chi connectivity index (χ0n) is 29.0. The van der Waals surface area contributed by atoms with E-state index in [1.165, 1.54) is 189 Å². The first-order valence-corrected chi connectivity index (χ1v) is 17.9. The van der Waals surface area contributed by atoms with Gasteiger partial charge < -0.3 is 42.9 Å². The number of quaternary nitrogens is 2. The van der Waals surface area contributed by atoms with Crippen molar-refractivity contribution >= 4 is 0 Å². The summed E-state index contributed by atoms with van der Waals surface area (Å²) >= 11 is 0. The average molecular weight is 699 g/mol. The second-order valence-electron chi connectivity index (χ2n) is 14.2. The van der Waals surface area contributed by atoms with Crippen molar-refractivity contribution in [3.8, 4) is 0 Å². The highest BCUT2D eigenvalue weighted by molar-refractivity contribution is 4.61. The lowest BCUT2D eigenvalue weighted by molar-refractivity contribution is -0.965. The molecular formula is C36H78Br2N2. The fraction of sp³-hybridized carbons (Fsp3) is 1.00. The van der Waals surface area contributed by atoms with Crippen molar-refractivity contribution < 1.29 is 42.9 Å². The van der Waals surface area contributed by atoms with Crippen LogP contribution in [0.3, 0.4) is 0 Å². The van der Waals surface area contributed by atoms with Crippen LogP contribution in [0.5, 0.6) is 0 Å². The molecule has 0 saturated carbocycles. The SMILES string of the molecule is CCCCCCCCCCCC[N+](C)(C)CC(CCCCCC)[N+](C)(C)CCCCCCCCCCCC.[Br-].[Br-]. The lowest BCUT2D eigenvalue weighted by atomic mass is 10.0. The quantitative estimate of drug-likeness (QED) is 0.0704. The van der Waals surface area contributed by atoms with Gasteiger partial charge in [-0.1, -0.05) is 143 Å². The standard InChI is InChI=1S/C36H78N2.2BrH/c1-8-11-14-17-19-21-23-25-27-30-33-37(4,5)35-36(32-29-16-13-10-3)38(6,7)34-31-28-26-24-22-20-18-15-12-9-2;;/h36H,8-35H2,1-7H3;2*1H/q+2;;/p-2. The van der Waals surface area contributed by atoms with Gasteiger partial charge in [-0.2, -0.15) is 0 Å². The predicted molar refractivity (Wildman–Crippen MR) is 175 cm³/mol. The highest BCUT2D eigenvalue weighted by Gasteiger charge is 2.33. The second-order valence-corrected chi connectivity index (χ2v) is 14.2. The molecule has 0 radical (unpaired) electrons. The molecule has 0 amide bonds. The van der Waals surface area contributed by atoms with Crippen molar-refractivity contribution in [2.24, 2.45) is 0 Å². The third kappa shape index (κ3) is 29.0. The van der Waals surface area contributed by atoms with Crippen LogP contribution in [0.25, 0.3) is 0 Å². The van der Waals surface area contributed by atoms with Crippen molar-refractivity contribution in [1.29, 1.82) is 0 Å². The van der Waals surface area contributed by atoms with Crippen LogP contribution >= 0.6 is 0 Å². The Balaban J connectivity index is -0.00000684. The molecule has 4 heteroatoms. The van der Waals surface area contributed by atoms with E-state index in [2.05, 4.69) is 49.0 Å². The number of nitrogens with zero attached hydrogens (tertiary/aromatic N) is 2. The number of halogens is 2. The summed E-state index contributed by atoms with van der Waals surface area (Å²) in [4.78, 5) is 0. The first-order valence-electron chi connectivity index (χ1n) is 17.9. The van der Waals surface area contributed by atoms with E-state index in [-0.39, 0.29) is 34.0 Å². The molecule has 0 aliphatic carbocycles. The maximum Gasteiger partial charge on any atom is 0.138 e. The third-order valence-corrected chi connectivity index (χ3v) is 9.29. The highest BCUT2D eigenvalue weighted by Crippen LogP contribution is 2.21. The molecule has 0 aromatic carbocycles. The summed E-state index contributed by atoms with van der Waals surface area (Å²) in [6.07, 6.45) is 35.9. The molecule has 0 aromatic rings. The van der Waals surface area contributed by atoms with Gasteiger partial charge in [0.25, 0.3) is 0 Å². The molecule has 40 heavy (non-hydrogen) atoms. The molecule has 0 aromatic heterocycles. The molecular weight excluding hydrogens is 620 g/mol. The van der Waals surface area contributed by atoms with Gasteiger partial charge in [0.2, 0.25) is 0 Å². The summed E-state index contributed by atoms with van der Waals surface area (Å²) in [5, 5.41) is 0. The third-order valence-electron chi connectivity index (χ3n) is 9.29. The van der Waals surface area contributed by atoms with E-state index in [1.54, 1.807) is 0 Å². The summed E-state index contributed by atoms with van der Waals surface area (Å²) in [5.74, 6) is 0. The van der Waals surface area contributed by atoms with E-state index in [0.717, 1.165) is 6.04 Å². The Morgan fingerprint density at radius 1 is 0.375 bits per heavy atom. The molecule has 0 aliphatic heterocycles. The Bertz CT molecular complexity index is 481. The topological polar surface area (TPSA) is 0 Å². The van der Waals surface area contributed by atoms with E-state index in [9.17, 15) is 0 Å². The van der Waals surface area contributed by atoms with Crippen molar-refractivity contribution in [2.75, 3.05) is 47.8 Å². The van der Waals surface area contributed by atoms with E-state index in [1.807, 2.05) is 0 Å². The van der Waals surface area contributed by atoms with Gasteiger partial charge in [0, 0.05) is 6.42 Å². The van der Waals surface area contributed by atoms with Gasteiger partial charge in [-0.3, -0.25) is 0 Å². The van der Waals surface area contributed by atoms with Crippen LogP contribution in [0.4, 0.5) is 0 Å². The molecule has 0 rings (SSSR count). The smallest absolute Gasteiger partial charge is 0.138 e. The Labute approximate surface area is 276 Å². The monoisotopic (exact) mass is 696 g/mol. The zero-order valence-corrected chi connectivity index (χ0v) is 32.2.